The molecule has 0 saturated heterocycles. The molecule has 0 saturated carbocycles. The Morgan fingerprint density at radius 3 is 3.07 bits per heavy atom. The lowest BCUT2D eigenvalue weighted by molar-refractivity contribution is -0.401. The standard InChI is InChI=1S/C8H5ClN4O2/c9-7-1-2-8-10-5-6(13(8)11-7)3-4-12(14)15/h1-5H/b4-3+. The van der Waals surface area contributed by atoms with Gasteiger partial charge in [-0.15, -0.1) is 0 Å². The molecule has 0 unspecified atom stereocenters. The first-order chi connectivity index (χ1) is 7.16. The summed E-state index contributed by atoms with van der Waals surface area (Å²) in [5.74, 6) is 0. The Bertz CT molecular complexity index is 549. The first kappa shape index (κ1) is 9.60. The lowest BCUT2D eigenvalue weighted by Crippen LogP contribution is -1.94. The minimum absolute atomic E-state index is 0.302. The number of hydrogen-bond donors (Lipinski definition) is 0. The second kappa shape index (κ2) is 3.66. The average molecular weight is 225 g/mol. The van der Waals surface area contributed by atoms with E-state index in [-0.39, 0.29) is 0 Å². The summed E-state index contributed by atoms with van der Waals surface area (Å²) in [5.41, 5.74) is 1.09. The number of imidazole rings is 1. The van der Waals surface area contributed by atoms with Gasteiger partial charge in [-0.25, -0.2) is 9.50 Å². The molecule has 0 aliphatic heterocycles. The minimum atomic E-state index is -0.552. The summed E-state index contributed by atoms with van der Waals surface area (Å²) in [7, 11) is 0. The molecule has 0 atom stereocenters. The number of hydrogen-bond acceptors (Lipinski definition) is 4. The van der Waals surface area contributed by atoms with Crippen molar-refractivity contribution in [3.8, 4) is 0 Å². The van der Waals surface area contributed by atoms with Crippen LogP contribution in [-0.2, 0) is 0 Å². The first-order valence-electron chi connectivity index (χ1n) is 3.99. The minimum Gasteiger partial charge on any atom is -0.259 e. The average Bonchev–Trinajstić information content (AvgIpc) is 2.57. The number of halogens is 1. The highest BCUT2D eigenvalue weighted by Crippen LogP contribution is 2.10. The van der Waals surface area contributed by atoms with Crippen LogP contribution in [0.4, 0.5) is 0 Å². The molecule has 0 aliphatic rings. The SMILES string of the molecule is O=[N+]([O-])/C=C/c1cnc2ccc(Cl)nn12. The van der Waals surface area contributed by atoms with Crippen LogP contribution in [0.5, 0.6) is 0 Å². The molecular weight excluding hydrogens is 220 g/mol. The van der Waals surface area contributed by atoms with E-state index in [1.807, 2.05) is 0 Å². The third-order valence-corrected chi connectivity index (χ3v) is 1.92. The first-order valence-corrected chi connectivity index (χ1v) is 4.36. The summed E-state index contributed by atoms with van der Waals surface area (Å²) in [5, 5.41) is 14.4. The molecule has 2 rings (SSSR count). The van der Waals surface area contributed by atoms with E-state index in [4.69, 9.17) is 11.6 Å². The van der Waals surface area contributed by atoms with Crippen LogP contribution in [0, 0.1) is 10.1 Å². The Labute approximate surface area is 89.0 Å². The Morgan fingerprint density at radius 2 is 2.33 bits per heavy atom. The maximum atomic E-state index is 10.1. The summed E-state index contributed by atoms with van der Waals surface area (Å²) in [4.78, 5) is 13.6. The highest BCUT2D eigenvalue weighted by Gasteiger charge is 2.02. The molecule has 76 valence electrons. The summed E-state index contributed by atoms with van der Waals surface area (Å²) in [6.45, 7) is 0. The zero-order chi connectivity index (χ0) is 10.8. The van der Waals surface area contributed by atoms with Crippen LogP contribution < -0.4 is 0 Å². The van der Waals surface area contributed by atoms with Gasteiger partial charge in [-0.05, 0) is 12.1 Å². The van der Waals surface area contributed by atoms with Crippen molar-refractivity contribution in [2.24, 2.45) is 0 Å². The van der Waals surface area contributed by atoms with E-state index in [1.165, 1.54) is 16.8 Å². The van der Waals surface area contributed by atoms with Gasteiger partial charge in [0.2, 0.25) is 6.20 Å². The van der Waals surface area contributed by atoms with Crippen molar-refractivity contribution in [1.29, 1.82) is 0 Å². The maximum Gasteiger partial charge on any atom is 0.236 e. The molecule has 0 radical (unpaired) electrons. The van der Waals surface area contributed by atoms with E-state index in [2.05, 4.69) is 10.1 Å². The van der Waals surface area contributed by atoms with Crippen LogP contribution in [0.2, 0.25) is 5.15 Å². The fourth-order valence-corrected chi connectivity index (χ4v) is 1.26. The van der Waals surface area contributed by atoms with Crippen molar-refractivity contribution in [1.82, 2.24) is 14.6 Å². The van der Waals surface area contributed by atoms with Crippen LogP contribution in [0.15, 0.2) is 24.5 Å². The predicted octanol–water partition coefficient (Wildman–Crippen LogP) is 1.63. The van der Waals surface area contributed by atoms with Gasteiger partial charge in [0, 0.05) is 6.08 Å². The highest BCUT2D eigenvalue weighted by molar-refractivity contribution is 6.29. The molecule has 0 aromatic carbocycles. The second-order valence-corrected chi connectivity index (χ2v) is 3.10. The molecule has 0 N–H and O–H groups in total. The lowest BCUT2D eigenvalue weighted by Gasteiger charge is -1.94. The van der Waals surface area contributed by atoms with Gasteiger partial charge in [0.05, 0.1) is 16.8 Å². The highest BCUT2D eigenvalue weighted by atomic mass is 35.5. The number of nitrogens with zero attached hydrogens (tertiary/aromatic N) is 4. The number of nitro groups is 1. The Hall–Kier alpha value is -1.95. The van der Waals surface area contributed by atoms with Gasteiger partial charge in [-0.3, -0.25) is 10.1 Å². The van der Waals surface area contributed by atoms with E-state index >= 15 is 0 Å². The molecule has 2 heterocycles. The third-order valence-electron chi connectivity index (χ3n) is 1.72. The Morgan fingerprint density at radius 1 is 1.53 bits per heavy atom. The van der Waals surface area contributed by atoms with Crippen LogP contribution in [-0.4, -0.2) is 19.5 Å². The summed E-state index contributed by atoms with van der Waals surface area (Å²) in [6.07, 6.45) is 3.62. The van der Waals surface area contributed by atoms with E-state index in [9.17, 15) is 10.1 Å². The molecule has 2 aromatic rings. The fourth-order valence-electron chi connectivity index (χ4n) is 1.12. The van der Waals surface area contributed by atoms with Gasteiger partial charge in [-0.2, -0.15) is 5.10 Å². The third kappa shape index (κ3) is 1.94. The van der Waals surface area contributed by atoms with Crippen LogP contribution in [0.3, 0.4) is 0 Å². The Kier molecular flexibility index (Phi) is 2.34. The molecule has 0 fully saturated rings. The molecule has 7 heteroatoms. The van der Waals surface area contributed by atoms with Crippen molar-refractivity contribution in [2.75, 3.05) is 0 Å². The Balaban J connectivity index is 2.52. The quantitative estimate of drug-likeness (QED) is 0.574. The van der Waals surface area contributed by atoms with Gasteiger partial charge >= 0.3 is 0 Å². The zero-order valence-corrected chi connectivity index (χ0v) is 8.13. The van der Waals surface area contributed by atoms with Crippen LogP contribution in [0.25, 0.3) is 11.7 Å². The fraction of sp³-hybridized carbons (Fsp3) is 0. The van der Waals surface area contributed by atoms with Gasteiger partial charge in [0.1, 0.15) is 5.15 Å². The summed E-state index contributed by atoms with van der Waals surface area (Å²) in [6, 6.07) is 3.28. The monoisotopic (exact) mass is 224 g/mol. The van der Waals surface area contributed by atoms with Gasteiger partial charge in [0.15, 0.2) is 5.65 Å². The molecule has 0 spiro atoms. The largest absolute Gasteiger partial charge is 0.259 e. The summed E-state index contributed by atoms with van der Waals surface area (Å²) >= 11 is 5.69. The smallest absolute Gasteiger partial charge is 0.236 e. The van der Waals surface area contributed by atoms with Gasteiger partial charge < -0.3 is 0 Å². The topological polar surface area (TPSA) is 73.3 Å². The summed E-state index contributed by atoms with van der Waals surface area (Å²) < 4.78 is 1.43. The molecule has 6 nitrogen and oxygen atoms in total. The van der Waals surface area contributed by atoms with Gasteiger partial charge in [0.25, 0.3) is 0 Å². The molecule has 0 bridgehead atoms. The van der Waals surface area contributed by atoms with E-state index in [0.717, 1.165) is 6.20 Å². The van der Waals surface area contributed by atoms with Crippen molar-refractivity contribution in [3.63, 3.8) is 0 Å². The molecule has 15 heavy (non-hydrogen) atoms. The van der Waals surface area contributed by atoms with E-state index < -0.39 is 4.92 Å². The zero-order valence-electron chi connectivity index (χ0n) is 7.37. The van der Waals surface area contributed by atoms with E-state index in [0.29, 0.717) is 16.5 Å². The van der Waals surface area contributed by atoms with Crippen molar-refractivity contribution >= 4 is 23.3 Å². The second-order valence-electron chi connectivity index (χ2n) is 2.71. The predicted molar refractivity (Wildman–Crippen MR) is 54.0 cm³/mol. The number of fused-ring (bicyclic) bond motifs is 1. The number of rotatable bonds is 2. The van der Waals surface area contributed by atoms with Gasteiger partial charge in [-0.1, -0.05) is 11.6 Å². The number of aromatic nitrogens is 3. The molecule has 2 aromatic heterocycles. The van der Waals surface area contributed by atoms with Crippen LogP contribution >= 0.6 is 11.6 Å². The molecule has 0 aliphatic carbocycles. The lowest BCUT2D eigenvalue weighted by atomic mass is 10.4. The van der Waals surface area contributed by atoms with E-state index in [1.54, 1.807) is 12.1 Å². The van der Waals surface area contributed by atoms with Crippen molar-refractivity contribution in [2.45, 2.75) is 0 Å². The van der Waals surface area contributed by atoms with Crippen LogP contribution in [0.1, 0.15) is 5.69 Å². The van der Waals surface area contributed by atoms with Crippen molar-refractivity contribution < 1.29 is 4.92 Å². The normalized spacial score (nSPS) is 11.3. The van der Waals surface area contributed by atoms with Crippen molar-refractivity contribution in [3.05, 3.63) is 45.5 Å². The molecule has 0 amide bonds. The maximum absolute atomic E-state index is 10.1. The molecular formula is C8H5ClN4O2.